The zero-order valence-electron chi connectivity index (χ0n) is 26.8. The van der Waals surface area contributed by atoms with E-state index in [1.165, 1.54) is 0 Å². The highest BCUT2D eigenvalue weighted by Crippen LogP contribution is 2.38. The number of carbonyl (C=O) groups excluding carboxylic acids is 1. The zero-order valence-corrected chi connectivity index (χ0v) is 26.8. The summed E-state index contributed by atoms with van der Waals surface area (Å²) in [4.78, 5) is 23.1. The number of carbonyl (C=O) groups is 1. The maximum atomic E-state index is 13.5. The van der Waals surface area contributed by atoms with E-state index < -0.39 is 12.5 Å². The summed E-state index contributed by atoms with van der Waals surface area (Å²) < 4.78 is 26.6. The van der Waals surface area contributed by atoms with Gasteiger partial charge < -0.3 is 29.1 Å². The average molecular weight is 638 g/mol. The van der Waals surface area contributed by atoms with Crippen LogP contribution in [0.3, 0.4) is 0 Å². The van der Waals surface area contributed by atoms with E-state index >= 15 is 0 Å². The first-order valence-corrected chi connectivity index (χ1v) is 15.0. The van der Waals surface area contributed by atoms with Crippen molar-refractivity contribution in [3.05, 3.63) is 89.1 Å². The van der Waals surface area contributed by atoms with Crippen molar-refractivity contribution < 1.29 is 28.5 Å². The van der Waals surface area contributed by atoms with E-state index in [2.05, 4.69) is 15.5 Å². The number of aryl methyl sites for hydroxylation is 3. The third-order valence-electron chi connectivity index (χ3n) is 7.78. The number of nitrogens with one attached hydrogen (secondary N) is 1. The van der Waals surface area contributed by atoms with Gasteiger partial charge in [-0.15, -0.1) is 0 Å². The van der Waals surface area contributed by atoms with Crippen molar-refractivity contribution in [1.82, 2.24) is 34.8 Å². The Morgan fingerprint density at radius 3 is 2.57 bits per heavy atom. The Kier molecular flexibility index (Phi) is 8.89. The monoisotopic (exact) mass is 637 g/mol. The molecule has 0 atom stereocenters. The van der Waals surface area contributed by atoms with Crippen LogP contribution in [0.5, 0.6) is 17.2 Å². The fourth-order valence-electron chi connectivity index (χ4n) is 5.35. The van der Waals surface area contributed by atoms with Gasteiger partial charge in [-0.25, -0.2) is 9.97 Å². The Balaban J connectivity index is 1.37. The molecule has 2 aromatic carbocycles. The van der Waals surface area contributed by atoms with E-state index in [1.807, 2.05) is 50.2 Å². The number of hydrogen-bond acceptors (Lipinski definition) is 10. The smallest absolute Gasteiger partial charge is 0.270 e. The van der Waals surface area contributed by atoms with Crippen molar-refractivity contribution in [1.29, 1.82) is 0 Å². The molecule has 2 N–H and O–H groups in total. The van der Waals surface area contributed by atoms with Gasteiger partial charge in [0.1, 0.15) is 47.5 Å². The molecule has 0 aliphatic carbocycles. The van der Waals surface area contributed by atoms with Gasteiger partial charge in [-0.3, -0.25) is 14.2 Å². The summed E-state index contributed by atoms with van der Waals surface area (Å²) in [5.41, 5.74) is 4.37. The van der Waals surface area contributed by atoms with Crippen LogP contribution in [0, 0.1) is 6.92 Å². The third kappa shape index (κ3) is 6.12. The first-order valence-electron chi connectivity index (χ1n) is 15.0. The number of nitrogens with zero attached hydrogens (tertiary/aromatic N) is 6. The van der Waals surface area contributed by atoms with Gasteiger partial charge in [0, 0.05) is 37.2 Å². The Morgan fingerprint density at radius 2 is 1.85 bits per heavy atom. The third-order valence-corrected chi connectivity index (χ3v) is 7.78. The average Bonchev–Trinajstić information content (AvgIpc) is 3.80. The van der Waals surface area contributed by atoms with Crippen molar-refractivity contribution in [2.24, 2.45) is 7.05 Å². The topological polar surface area (TPSA) is 152 Å². The van der Waals surface area contributed by atoms with Crippen LogP contribution in [0.15, 0.2) is 65.2 Å². The molecule has 0 saturated heterocycles. The van der Waals surface area contributed by atoms with E-state index in [4.69, 9.17) is 28.6 Å². The quantitative estimate of drug-likeness (QED) is 0.191. The molecule has 0 saturated carbocycles. The van der Waals surface area contributed by atoms with Gasteiger partial charge in [-0.05, 0) is 37.6 Å². The molecule has 0 aliphatic rings. The lowest BCUT2D eigenvalue weighted by Crippen LogP contribution is -2.24. The highest BCUT2D eigenvalue weighted by molar-refractivity contribution is 6.00. The van der Waals surface area contributed by atoms with Crippen LogP contribution in [-0.2, 0) is 33.4 Å². The summed E-state index contributed by atoms with van der Waals surface area (Å²) in [6.07, 6.45) is 1.64. The second-order valence-electron chi connectivity index (χ2n) is 10.7. The molecular weight excluding hydrogens is 602 g/mol. The van der Waals surface area contributed by atoms with Crippen LogP contribution >= 0.6 is 0 Å². The van der Waals surface area contributed by atoms with Gasteiger partial charge in [-0.1, -0.05) is 30.3 Å². The Hall–Kier alpha value is -5.69. The predicted molar refractivity (Wildman–Crippen MR) is 173 cm³/mol. The Morgan fingerprint density at radius 1 is 1.04 bits per heavy atom. The highest BCUT2D eigenvalue weighted by Gasteiger charge is 2.27. The predicted octanol–water partition coefficient (Wildman–Crippen LogP) is 4.83. The maximum absolute atomic E-state index is 13.5. The molecule has 4 aromatic heterocycles. The van der Waals surface area contributed by atoms with Crippen molar-refractivity contribution in [3.63, 3.8) is 0 Å². The first kappa shape index (κ1) is 31.3. The molecule has 0 aliphatic heterocycles. The molecule has 0 bridgehead atoms. The first-order chi connectivity index (χ1) is 22.8. The van der Waals surface area contributed by atoms with Crippen LogP contribution < -0.4 is 19.5 Å². The van der Waals surface area contributed by atoms with Crippen LogP contribution in [-0.4, -0.2) is 54.8 Å². The molecule has 13 heteroatoms. The van der Waals surface area contributed by atoms with Gasteiger partial charge in [0.15, 0.2) is 17.2 Å². The van der Waals surface area contributed by atoms with Gasteiger partial charge >= 0.3 is 0 Å². The molecule has 47 heavy (non-hydrogen) atoms. The van der Waals surface area contributed by atoms with Crippen LogP contribution in [0.1, 0.15) is 40.0 Å². The fraction of sp³-hybridized carbons (Fsp3) is 0.265. The highest BCUT2D eigenvalue weighted by atomic mass is 16.5. The number of rotatable bonds is 12. The largest absolute Gasteiger partial charge is 0.497 e. The summed E-state index contributed by atoms with van der Waals surface area (Å²) in [6, 6.07) is 16.8. The van der Waals surface area contributed by atoms with Crippen LogP contribution in [0.2, 0.25) is 0 Å². The molecular formula is C34H35N7O6. The minimum atomic E-state index is -0.459. The zero-order chi connectivity index (χ0) is 33.1. The molecule has 0 radical (unpaired) electrons. The number of oxazole rings is 1. The molecule has 0 fully saturated rings. The lowest BCUT2D eigenvalue weighted by atomic mass is 10.1. The summed E-state index contributed by atoms with van der Waals surface area (Å²) in [7, 11) is 4.91. The van der Waals surface area contributed by atoms with Crippen molar-refractivity contribution in [2.75, 3.05) is 14.2 Å². The lowest BCUT2D eigenvalue weighted by molar-refractivity contribution is 0.0946. The summed E-state index contributed by atoms with van der Waals surface area (Å²) >= 11 is 0. The van der Waals surface area contributed by atoms with Crippen molar-refractivity contribution >= 4 is 16.8 Å². The number of aromatic nitrogens is 6. The summed E-state index contributed by atoms with van der Waals surface area (Å²) in [5.74, 6) is 1.70. The molecule has 13 nitrogen and oxygen atoms in total. The summed E-state index contributed by atoms with van der Waals surface area (Å²) in [6.45, 7) is 4.39. The second-order valence-corrected chi connectivity index (χ2v) is 10.7. The number of ether oxygens (including phenoxy) is 3. The maximum Gasteiger partial charge on any atom is 0.270 e. The van der Waals surface area contributed by atoms with Gasteiger partial charge in [0.25, 0.3) is 5.91 Å². The standard InChI is InChI=1S/C34H35N7O6/c1-6-41-31(32(20(2)39-41)46-19-21-10-8-7-9-11-21)34-38-30(28(18-42)47-34)29-24-17-36-40(3)26(24)15-25(37-29)33(43)35-16-22-12-13-23(44-4)14-27(22)45-5/h7-15,17,42H,6,16,18-19H2,1-5H3,(H,35,43). The van der Waals surface area contributed by atoms with Crippen molar-refractivity contribution in [3.8, 4) is 40.2 Å². The number of pyridine rings is 1. The molecule has 0 unspecified atom stereocenters. The number of benzene rings is 2. The van der Waals surface area contributed by atoms with E-state index in [1.54, 1.807) is 55.0 Å². The fourth-order valence-corrected chi connectivity index (χ4v) is 5.35. The number of fused-ring (bicyclic) bond motifs is 1. The number of aliphatic hydroxyl groups excluding tert-OH is 1. The SMILES string of the molecule is CCn1nc(C)c(OCc2ccccc2)c1-c1nc(-c2nc(C(=O)NCc3ccc(OC)cc3OC)cc3c2cnn3C)c(CO)o1. The van der Waals surface area contributed by atoms with Crippen molar-refractivity contribution in [2.45, 2.75) is 40.2 Å². The Bertz CT molecular complexity index is 2050. The molecule has 1 amide bonds. The number of hydrogen-bond donors (Lipinski definition) is 2. The van der Waals surface area contributed by atoms with Crippen LogP contribution in [0.4, 0.5) is 0 Å². The summed E-state index contributed by atoms with van der Waals surface area (Å²) in [5, 5.41) is 23.0. The minimum Gasteiger partial charge on any atom is -0.497 e. The molecule has 0 spiro atoms. The molecule has 4 heterocycles. The minimum absolute atomic E-state index is 0.137. The van der Waals surface area contributed by atoms with E-state index in [9.17, 15) is 9.90 Å². The Labute approximate surface area is 270 Å². The van der Waals surface area contributed by atoms with Gasteiger partial charge in [0.05, 0.1) is 25.9 Å². The normalized spacial score (nSPS) is 11.2. The van der Waals surface area contributed by atoms with E-state index in [-0.39, 0.29) is 29.6 Å². The van der Waals surface area contributed by atoms with E-state index in [0.29, 0.717) is 58.4 Å². The molecule has 242 valence electrons. The lowest BCUT2D eigenvalue weighted by Gasteiger charge is -2.12. The van der Waals surface area contributed by atoms with Gasteiger partial charge in [0.2, 0.25) is 5.89 Å². The molecule has 6 rings (SSSR count). The number of methoxy groups -OCH3 is 2. The number of aliphatic hydroxyl groups is 1. The van der Waals surface area contributed by atoms with Gasteiger partial charge in [-0.2, -0.15) is 10.2 Å². The molecule has 6 aromatic rings. The number of amides is 1. The second kappa shape index (κ2) is 13.3. The van der Waals surface area contributed by atoms with E-state index in [0.717, 1.165) is 11.1 Å². The van der Waals surface area contributed by atoms with Crippen LogP contribution in [0.25, 0.3) is 33.9 Å².